The second kappa shape index (κ2) is 7.27. The van der Waals surface area contributed by atoms with Crippen LogP contribution in [0.15, 0.2) is 24.3 Å². The molecule has 2 unspecified atom stereocenters. The number of nitrogens with one attached hydrogen (secondary N) is 1. The predicted molar refractivity (Wildman–Crippen MR) is 76.2 cm³/mol. The maximum Gasteiger partial charge on any atom is 0.416 e. The lowest BCUT2D eigenvalue weighted by Crippen LogP contribution is -2.33. The Labute approximate surface area is 123 Å². The molecule has 1 aromatic rings. The van der Waals surface area contributed by atoms with Crippen LogP contribution in [0.3, 0.4) is 0 Å². The number of rotatable bonds is 6. The Morgan fingerprint density at radius 1 is 1.29 bits per heavy atom. The molecule has 1 saturated heterocycles. The van der Waals surface area contributed by atoms with Gasteiger partial charge in [-0.05, 0) is 49.4 Å². The Bertz CT molecular complexity index is 424. The highest BCUT2D eigenvalue weighted by Gasteiger charge is 2.30. The molecule has 1 aliphatic rings. The van der Waals surface area contributed by atoms with E-state index in [1.54, 1.807) is 12.1 Å². The van der Waals surface area contributed by atoms with Crippen molar-refractivity contribution in [2.75, 3.05) is 19.8 Å². The number of hydrogen-bond acceptors (Lipinski definition) is 2. The Kier molecular flexibility index (Phi) is 5.65. The van der Waals surface area contributed by atoms with Gasteiger partial charge in [0.15, 0.2) is 0 Å². The summed E-state index contributed by atoms with van der Waals surface area (Å²) in [4.78, 5) is 0. The topological polar surface area (TPSA) is 21.3 Å². The fourth-order valence-electron chi connectivity index (χ4n) is 2.81. The molecular formula is C16H22F3NO. The van der Waals surface area contributed by atoms with Gasteiger partial charge in [0.05, 0.1) is 5.56 Å². The highest BCUT2D eigenvalue weighted by Crippen LogP contribution is 2.29. The van der Waals surface area contributed by atoms with Gasteiger partial charge in [0.1, 0.15) is 0 Å². The summed E-state index contributed by atoms with van der Waals surface area (Å²) in [6.45, 7) is 4.53. The normalized spacial score (nSPS) is 20.7. The summed E-state index contributed by atoms with van der Waals surface area (Å²) in [5.74, 6) is 0.559. The van der Waals surface area contributed by atoms with Gasteiger partial charge in [0.2, 0.25) is 0 Å². The fourth-order valence-corrected chi connectivity index (χ4v) is 2.81. The largest absolute Gasteiger partial charge is 0.416 e. The summed E-state index contributed by atoms with van der Waals surface area (Å²) in [5.41, 5.74) is 0.350. The quantitative estimate of drug-likeness (QED) is 0.866. The zero-order valence-electron chi connectivity index (χ0n) is 12.2. The van der Waals surface area contributed by atoms with E-state index in [1.807, 2.05) is 6.92 Å². The minimum atomic E-state index is -4.26. The van der Waals surface area contributed by atoms with E-state index in [-0.39, 0.29) is 0 Å². The molecule has 0 radical (unpaired) electrons. The summed E-state index contributed by atoms with van der Waals surface area (Å²) in [5, 5.41) is 3.43. The smallest absolute Gasteiger partial charge is 0.381 e. The minimum Gasteiger partial charge on any atom is -0.381 e. The van der Waals surface area contributed by atoms with Crippen molar-refractivity contribution in [2.24, 2.45) is 5.92 Å². The molecule has 0 amide bonds. The van der Waals surface area contributed by atoms with Gasteiger partial charge in [-0.3, -0.25) is 0 Å². The molecule has 21 heavy (non-hydrogen) atoms. The van der Waals surface area contributed by atoms with Gasteiger partial charge >= 0.3 is 6.18 Å². The second-order valence-electron chi connectivity index (χ2n) is 5.62. The average Bonchev–Trinajstić information content (AvgIpc) is 2.91. The van der Waals surface area contributed by atoms with Crippen LogP contribution >= 0.6 is 0 Å². The Morgan fingerprint density at radius 3 is 2.52 bits per heavy atom. The molecule has 0 spiro atoms. The van der Waals surface area contributed by atoms with Crippen molar-refractivity contribution in [1.82, 2.24) is 5.32 Å². The van der Waals surface area contributed by atoms with Crippen molar-refractivity contribution in [1.29, 1.82) is 0 Å². The number of alkyl halides is 3. The van der Waals surface area contributed by atoms with Crippen LogP contribution in [-0.2, 0) is 17.3 Å². The van der Waals surface area contributed by atoms with Crippen LogP contribution in [-0.4, -0.2) is 25.8 Å². The van der Waals surface area contributed by atoms with Crippen LogP contribution in [0.25, 0.3) is 0 Å². The zero-order chi connectivity index (χ0) is 15.3. The van der Waals surface area contributed by atoms with Gasteiger partial charge in [0, 0.05) is 19.3 Å². The first-order valence-electron chi connectivity index (χ1n) is 7.46. The van der Waals surface area contributed by atoms with Crippen molar-refractivity contribution in [3.8, 4) is 0 Å². The maximum atomic E-state index is 12.5. The first-order valence-corrected chi connectivity index (χ1v) is 7.46. The fraction of sp³-hybridized carbons (Fsp3) is 0.625. The highest BCUT2D eigenvalue weighted by molar-refractivity contribution is 5.25. The molecule has 1 heterocycles. The summed E-state index contributed by atoms with van der Waals surface area (Å²) in [7, 11) is 0. The van der Waals surface area contributed by atoms with E-state index in [1.165, 1.54) is 0 Å². The summed E-state index contributed by atoms with van der Waals surface area (Å²) in [6, 6.07) is 5.78. The van der Waals surface area contributed by atoms with E-state index in [4.69, 9.17) is 4.74 Å². The zero-order valence-corrected chi connectivity index (χ0v) is 12.2. The van der Waals surface area contributed by atoms with Crippen LogP contribution in [0.4, 0.5) is 13.2 Å². The third-order valence-electron chi connectivity index (χ3n) is 3.90. The van der Waals surface area contributed by atoms with Gasteiger partial charge < -0.3 is 10.1 Å². The Hall–Kier alpha value is -1.07. The maximum absolute atomic E-state index is 12.5. The van der Waals surface area contributed by atoms with Crippen LogP contribution in [0, 0.1) is 5.92 Å². The lowest BCUT2D eigenvalue weighted by molar-refractivity contribution is -0.137. The molecule has 1 N–H and O–H groups in total. The van der Waals surface area contributed by atoms with Crippen molar-refractivity contribution in [3.05, 3.63) is 35.4 Å². The SMILES string of the molecule is CCNC(Cc1ccc(C(F)(F)F)cc1)CC1CCOC1. The van der Waals surface area contributed by atoms with Crippen molar-refractivity contribution in [2.45, 2.75) is 38.4 Å². The van der Waals surface area contributed by atoms with E-state index < -0.39 is 11.7 Å². The van der Waals surface area contributed by atoms with E-state index >= 15 is 0 Å². The number of hydrogen-bond donors (Lipinski definition) is 1. The number of benzene rings is 1. The number of likely N-dealkylation sites (N-methyl/N-ethyl adjacent to an activating group) is 1. The summed E-state index contributed by atoms with van der Waals surface area (Å²) >= 11 is 0. The monoisotopic (exact) mass is 301 g/mol. The third-order valence-corrected chi connectivity index (χ3v) is 3.90. The molecule has 0 saturated carbocycles. The molecule has 118 valence electrons. The highest BCUT2D eigenvalue weighted by atomic mass is 19.4. The van der Waals surface area contributed by atoms with Gasteiger partial charge in [-0.15, -0.1) is 0 Å². The molecule has 0 bridgehead atoms. The molecule has 1 fully saturated rings. The molecule has 2 atom stereocenters. The minimum absolute atomic E-state index is 0.290. The molecule has 2 rings (SSSR count). The van der Waals surface area contributed by atoms with Gasteiger partial charge in [0.25, 0.3) is 0 Å². The van der Waals surface area contributed by atoms with Gasteiger partial charge in [-0.25, -0.2) is 0 Å². The van der Waals surface area contributed by atoms with Gasteiger partial charge in [-0.1, -0.05) is 19.1 Å². The Balaban J connectivity index is 1.95. The third kappa shape index (κ3) is 5.00. The van der Waals surface area contributed by atoms with Gasteiger partial charge in [-0.2, -0.15) is 13.2 Å². The molecule has 5 heteroatoms. The summed E-state index contributed by atoms with van der Waals surface area (Å²) in [6.07, 6.45) is -1.42. The average molecular weight is 301 g/mol. The predicted octanol–water partition coefficient (Wildman–Crippen LogP) is 3.65. The first-order chi connectivity index (χ1) is 9.99. The van der Waals surface area contributed by atoms with E-state index in [2.05, 4.69) is 5.32 Å². The van der Waals surface area contributed by atoms with Crippen LogP contribution in [0.5, 0.6) is 0 Å². The van der Waals surface area contributed by atoms with E-state index in [0.717, 1.165) is 56.7 Å². The molecule has 0 aliphatic carbocycles. The lowest BCUT2D eigenvalue weighted by Gasteiger charge is -2.21. The molecule has 1 aromatic carbocycles. The number of ether oxygens (including phenoxy) is 1. The number of halogens is 3. The van der Waals surface area contributed by atoms with Crippen molar-refractivity contribution in [3.63, 3.8) is 0 Å². The van der Waals surface area contributed by atoms with Crippen molar-refractivity contribution < 1.29 is 17.9 Å². The molecule has 2 nitrogen and oxygen atoms in total. The standard InChI is InChI=1S/C16H22F3NO/c1-2-20-15(10-13-7-8-21-11-13)9-12-3-5-14(6-4-12)16(17,18)19/h3-6,13,15,20H,2,7-11H2,1H3. The van der Waals surface area contributed by atoms with Crippen LogP contribution in [0.1, 0.15) is 30.9 Å². The molecular weight excluding hydrogens is 279 g/mol. The van der Waals surface area contributed by atoms with Crippen LogP contribution < -0.4 is 5.32 Å². The molecule has 1 aliphatic heterocycles. The second-order valence-corrected chi connectivity index (χ2v) is 5.62. The lowest BCUT2D eigenvalue weighted by atomic mass is 9.94. The van der Waals surface area contributed by atoms with E-state index in [9.17, 15) is 13.2 Å². The van der Waals surface area contributed by atoms with Crippen LogP contribution in [0.2, 0.25) is 0 Å². The van der Waals surface area contributed by atoms with Crippen molar-refractivity contribution >= 4 is 0 Å². The van der Waals surface area contributed by atoms with E-state index in [0.29, 0.717) is 12.0 Å². The first kappa shape index (κ1) is 16.3. The Morgan fingerprint density at radius 2 is 2.00 bits per heavy atom. The summed E-state index contributed by atoms with van der Waals surface area (Å²) < 4.78 is 43.0. The molecule has 0 aromatic heterocycles.